The van der Waals surface area contributed by atoms with E-state index < -0.39 is 30.4 Å². The molecule has 0 unspecified atom stereocenters. The molecule has 1 N–H and O–H groups in total. The number of carbonyl (C=O) groups excluding carboxylic acids is 1. The summed E-state index contributed by atoms with van der Waals surface area (Å²) in [6, 6.07) is 3.32. The van der Waals surface area contributed by atoms with Crippen molar-refractivity contribution >= 4 is 17.5 Å². The van der Waals surface area contributed by atoms with Crippen LogP contribution in [0, 0.1) is 0 Å². The number of rotatable bonds is 3. The third kappa shape index (κ3) is 3.53. The van der Waals surface area contributed by atoms with Gasteiger partial charge in [0.05, 0.1) is 5.56 Å². The first-order valence-electron chi connectivity index (χ1n) is 5.64. The molecule has 19 heavy (non-hydrogen) atoms. The van der Waals surface area contributed by atoms with E-state index >= 15 is 0 Å². The molecule has 0 radical (unpaired) electrons. The maximum atomic E-state index is 12.5. The molecule has 0 aromatic heterocycles. The average Bonchev–Trinajstić information content (AvgIpc) is 3.07. The summed E-state index contributed by atoms with van der Waals surface area (Å²) in [4.78, 5) is 12.8. The van der Waals surface area contributed by atoms with E-state index in [4.69, 9.17) is 11.6 Å². The Hall–Kier alpha value is -1.43. The van der Waals surface area contributed by atoms with Gasteiger partial charge in [0.15, 0.2) is 0 Å². The molecule has 1 fully saturated rings. The zero-order valence-corrected chi connectivity index (χ0v) is 10.5. The van der Waals surface area contributed by atoms with Crippen molar-refractivity contribution < 1.29 is 23.1 Å². The highest BCUT2D eigenvalue weighted by molar-refractivity contribution is 6.30. The van der Waals surface area contributed by atoms with Crippen LogP contribution in [0.5, 0.6) is 5.75 Å². The fourth-order valence-corrected chi connectivity index (χ4v) is 1.95. The molecular weight excluding hydrogens is 283 g/mol. The number of amides is 1. The Morgan fingerprint density at radius 1 is 1.42 bits per heavy atom. The molecule has 0 saturated heterocycles. The Labute approximate surface area is 112 Å². The summed E-state index contributed by atoms with van der Waals surface area (Å²) in [5.74, 6) is -1.24. The van der Waals surface area contributed by atoms with E-state index in [-0.39, 0.29) is 10.6 Å². The Morgan fingerprint density at radius 2 is 2.05 bits per heavy atom. The number of phenols is 1. The van der Waals surface area contributed by atoms with Gasteiger partial charge in [-0.1, -0.05) is 11.6 Å². The zero-order chi connectivity index (χ0) is 14.2. The molecule has 1 amide bonds. The summed E-state index contributed by atoms with van der Waals surface area (Å²) in [5.41, 5.74) is -0.166. The number of benzene rings is 1. The van der Waals surface area contributed by atoms with Crippen LogP contribution in [0.25, 0.3) is 0 Å². The minimum absolute atomic E-state index is 0.166. The third-order valence-electron chi connectivity index (χ3n) is 2.79. The molecule has 1 aromatic carbocycles. The summed E-state index contributed by atoms with van der Waals surface area (Å²) in [6.45, 7) is -1.31. The summed E-state index contributed by atoms with van der Waals surface area (Å²) < 4.78 is 37.4. The van der Waals surface area contributed by atoms with Crippen molar-refractivity contribution in [1.29, 1.82) is 0 Å². The fraction of sp³-hybridized carbons (Fsp3) is 0.417. The molecule has 3 nitrogen and oxygen atoms in total. The number of hydrogen-bond acceptors (Lipinski definition) is 2. The van der Waals surface area contributed by atoms with Crippen LogP contribution in [0.4, 0.5) is 13.2 Å². The van der Waals surface area contributed by atoms with E-state index in [0.717, 1.165) is 11.0 Å². The maximum Gasteiger partial charge on any atom is 0.406 e. The van der Waals surface area contributed by atoms with Crippen molar-refractivity contribution in [3.05, 3.63) is 28.8 Å². The van der Waals surface area contributed by atoms with Gasteiger partial charge in [0, 0.05) is 11.1 Å². The van der Waals surface area contributed by atoms with E-state index in [1.807, 2.05) is 0 Å². The van der Waals surface area contributed by atoms with E-state index in [2.05, 4.69) is 0 Å². The van der Waals surface area contributed by atoms with Crippen molar-refractivity contribution in [1.82, 2.24) is 4.90 Å². The van der Waals surface area contributed by atoms with Gasteiger partial charge in [0.2, 0.25) is 0 Å². The number of halogens is 4. The third-order valence-corrected chi connectivity index (χ3v) is 3.02. The Kier molecular flexibility index (Phi) is 3.62. The average molecular weight is 294 g/mol. The molecule has 7 heteroatoms. The molecule has 1 aromatic rings. The molecule has 104 valence electrons. The molecule has 2 rings (SSSR count). The van der Waals surface area contributed by atoms with Crippen molar-refractivity contribution in [2.24, 2.45) is 0 Å². The number of alkyl halides is 3. The van der Waals surface area contributed by atoms with Crippen molar-refractivity contribution in [3.63, 3.8) is 0 Å². The maximum absolute atomic E-state index is 12.5. The summed E-state index contributed by atoms with van der Waals surface area (Å²) >= 11 is 5.62. The standard InChI is InChI=1S/C12H11ClF3NO2/c13-7-1-4-9(10(18)5-7)11(19)17(8-2-3-8)6-12(14,15)16/h1,4-5,8,18H,2-3,6H2. The second-order valence-corrected chi connectivity index (χ2v) is 4.88. The van der Waals surface area contributed by atoms with Crippen LogP contribution in [0.3, 0.4) is 0 Å². The molecule has 0 heterocycles. The lowest BCUT2D eigenvalue weighted by Gasteiger charge is -2.24. The monoisotopic (exact) mass is 293 g/mol. The van der Waals surface area contributed by atoms with Gasteiger partial charge in [-0.05, 0) is 31.0 Å². The summed E-state index contributed by atoms with van der Waals surface area (Å²) in [7, 11) is 0. The minimum atomic E-state index is -4.46. The van der Waals surface area contributed by atoms with Crippen LogP contribution in [-0.4, -0.2) is 34.7 Å². The lowest BCUT2D eigenvalue weighted by molar-refractivity contribution is -0.141. The molecule has 1 aliphatic carbocycles. The summed E-state index contributed by atoms with van der Waals surface area (Å²) in [6.07, 6.45) is -3.35. The largest absolute Gasteiger partial charge is 0.507 e. The smallest absolute Gasteiger partial charge is 0.406 e. The number of hydrogen-bond donors (Lipinski definition) is 1. The van der Waals surface area contributed by atoms with Gasteiger partial charge < -0.3 is 10.0 Å². The first-order valence-corrected chi connectivity index (χ1v) is 6.02. The van der Waals surface area contributed by atoms with Crippen molar-refractivity contribution in [2.45, 2.75) is 25.1 Å². The molecule has 1 saturated carbocycles. The van der Waals surface area contributed by atoms with Gasteiger partial charge in [-0.3, -0.25) is 4.79 Å². The highest BCUT2D eigenvalue weighted by Crippen LogP contribution is 2.33. The van der Waals surface area contributed by atoms with Crippen LogP contribution < -0.4 is 0 Å². The van der Waals surface area contributed by atoms with E-state index in [1.165, 1.54) is 12.1 Å². The van der Waals surface area contributed by atoms with Crippen LogP contribution in [-0.2, 0) is 0 Å². The zero-order valence-electron chi connectivity index (χ0n) is 9.75. The molecule has 1 aliphatic rings. The van der Waals surface area contributed by atoms with Crippen molar-refractivity contribution in [3.8, 4) is 5.75 Å². The van der Waals surface area contributed by atoms with Gasteiger partial charge >= 0.3 is 6.18 Å². The second kappa shape index (κ2) is 4.92. The van der Waals surface area contributed by atoms with Crippen LogP contribution in [0.15, 0.2) is 18.2 Å². The first kappa shape index (κ1) is 14.0. The number of carbonyl (C=O) groups is 1. The van der Waals surface area contributed by atoms with Gasteiger partial charge in [0.25, 0.3) is 5.91 Å². The molecular formula is C12H11ClF3NO2. The molecule has 0 aliphatic heterocycles. The quantitative estimate of drug-likeness (QED) is 0.929. The lowest BCUT2D eigenvalue weighted by atomic mass is 10.1. The van der Waals surface area contributed by atoms with Gasteiger partial charge in [-0.15, -0.1) is 0 Å². The Bertz CT molecular complexity index is 500. The van der Waals surface area contributed by atoms with Gasteiger partial charge in [0.1, 0.15) is 12.3 Å². The summed E-state index contributed by atoms with van der Waals surface area (Å²) in [5, 5.41) is 9.81. The van der Waals surface area contributed by atoms with Gasteiger partial charge in [-0.2, -0.15) is 13.2 Å². The lowest BCUT2D eigenvalue weighted by Crippen LogP contribution is -2.40. The van der Waals surface area contributed by atoms with Gasteiger partial charge in [-0.25, -0.2) is 0 Å². The van der Waals surface area contributed by atoms with Crippen molar-refractivity contribution in [2.75, 3.05) is 6.54 Å². The molecule has 0 spiro atoms. The van der Waals surface area contributed by atoms with Crippen LogP contribution in [0.2, 0.25) is 5.02 Å². The highest BCUT2D eigenvalue weighted by Gasteiger charge is 2.41. The molecule has 0 bridgehead atoms. The molecule has 0 atom stereocenters. The Morgan fingerprint density at radius 3 is 2.53 bits per heavy atom. The number of nitrogens with zero attached hydrogens (tertiary/aromatic N) is 1. The first-order chi connectivity index (χ1) is 8.78. The highest BCUT2D eigenvalue weighted by atomic mass is 35.5. The van der Waals surface area contributed by atoms with Crippen LogP contribution in [0.1, 0.15) is 23.2 Å². The minimum Gasteiger partial charge on any atom is -0.507 e. The fourth-order valence-electron chi connectivity index (χ4n) is 1.79. The SMILES string of the molecule is O=C(c1ccc(Cl)cc1O)N(CC(F)(F)F)C1CC1. The number of aromatic hydroxyl groups is 1. The van der Waals surface area contributed by atoms with E-state index in [0.29, 0.717) is 12.8 Å². The topological polar surface area (TPSA) is 40.5 Å². The number of phenolic OH excluding ortho intramolecular Hbond substituents is 1. The normalized spacial score (nSPS) is 15.4. The van der Waals surface area contributed by atoms with Crippen LogP contribution >= 0.6 is 11.6 Å². The predicted octanol–water partition coefficient (Wildman–Crippen LogP) is 3.21. The predicted molar refractivity (Wildman–Crippen MR) is 63.2 cm³/mol. The van der Waals surface area contributed by atoms with E-state index in [1.54, 1.807) is 0 Å². The van der Waals surface area contributed by atoms with E-state index in [9.17, 15) is 23.1 Å². The second-order valence-electron chi connectivity index (χ2n) is 4.44. The Balaban J connectivity index is 2.24.